The predicted octanol–water partition coefficient (Wildman–Crippen LogP) is 4.80. The molecule has 2 aliphatic heterocycles. The monoisotopic (exact) mass is 372 g/mol. The molecule has 3 aromatic rings. The van der Waals surface area contributed by atoms with Crippen LogP contribution in [0.1, 0.15) is 33.2 Å². The van der Waals surface area contributed by atoms with Gasteiger partial charge in [-0.15, -0.1) is 0 Å². The van der Waals surface area contributed by atoms with Gasteiger partial charge in [-0.2, -0.15) is 0 Å². The van der Waals surface area contributed by atoms with E-state index in [4.69, 9.17) is 9.47 Å². The lowest BCUT2D eigenvalue weighted by atomic mass is 10.0. The van der Waals surface area contributed by atoms with Crippen LogP contribution >= 0.6 is 0 Å². The van der Waals surface area contributed by atoms with Gasteiger partial charge in [0.15, 0.2) is 11.5 Å². The van der Waals surface area contributed by atoms with Gasteiger partial charge in [0, 0.05) is 11.4 Å². The molecule has 5 heteroatoms. The topological polar surface area (TPSA) is 50.8 Å². The summed E-state index contributed by atoms with van der Waals surface area (Å²) in [5.41, 5.74) is 5.53. The van der Waals surface area contributed by atoms with Gasteiger partial charge in [-0.3, -0.25) is 9.69 Å². The second kappa shape index (κ2) is 6.30. The van der Waals surface area contributed by atoms with Crippen LogP contribution in [0.15, 0.2) is 60.7 Å². The summed E-state index contributed by atoms with van der Waals surface area (Å²) in [5.74, 6) is 1.40. The van der Waals surface area contributed by atoms with Crippen molar-refractivity contribution < 1.29 is 14.3 Å². The number of carbonyl (C=O) groups excluding carboxylic acids is 1. The predicted molar refractivity (Wildman–Crippen MR) is 108 cm³/mol. The van der Waals surface area contributed by atoms with Gasteiger partial charge >= 0.3 is 0 Å². The average Bonchev–Trinajstić information content (AvgIpc) is 3.15. The van der Waals surface area contributed by atoms with Gasteiger partial charge in [-0.25, -0.2) is 0 Å². The Bertz CT molecular complexity index is 1070. The fourth-order valence-electron chi connectivity index (χ4n) is 3.93. The Morgan fingerprint density at radius 2 is 1.68 bits per heavy atom. The SMILES string of the molecule is Cc1cc(C)cc(N2C(=O)c3ccccc3N[C@@H]2c2ccc3c(c2)OCO3)c1. The first-order chi connectivity index (χ1) is 13.6. The highest BCUT2D eigenvalue weighted by Crippen LogP contribution is 2.40. The van der Waals surface area contributed by atoms with E-state index in [2.05, 4.69) is 11.4 Å². The van der Waals surface area contributed by atoms with Crippen molar-refractivity contribution in [2.24, 2.45) is 0 Å². The first kappa shape index (κ1) is 16.7. The van der Waals surface area contributed by atoms with Crippen LogP contribution in [0, 0.1) is 13.8 Å². The second-order valence-electron chi connectivity index (χ2n) is 7.23. The first-order valence-corrected chi connectivity index (χ1v) is 9.27. The number of benzene rings is 3. The lowest BCUT2D eigenvalue weighted by Gasteiger charge is -2.38. The number of fused-ring (bicyclic) bond motifs is 2. The molecule has 0 radical (unpaired) electrons. The van der Waals surface area contributed by atoms with Crippen molar-refractivity contribution in [3.63, 3.8) is 0 Å². The Labute approximate surface area is 163 Å². The number of anilines is 2. The van der Waals surface area contributed by atoms with Gasteiger partial charge in [0.1, 0.15) is 6.17 Å². The quantitative estimate of drug-likeness (QED) is 0.702. The second-order valence-corrected chi connectivity index (χ2v) is 7.23. The summed E-state index contributed by atoms with van der Waals surface area (Å²) in [6, 6.07) is 19.6. The van der Waals surface area contributed by atoms with Gasteiger partial charge in [0.25, 0.3) is 5.91 Å². The summed E-state index contributed by atoms with van der Waals surface area (Å²) < 4.78 is 11.0. The van der Waals surface area contributed by atoms with E-state index in [1.54, 1.807) is 0 Å². The number of nitrogens with zero attached hydrogens (tertiary/aromatic N) is 1. The minimum Gasteiger partial charge on any atom is -0.454 e. The van der Waals surface area contributed by atoms with E-state index in [-0.39, 0.29) is 18.9 Å². The van der Waals surface area contributed by atoms with Crippen LogP contribution in [-0.4, -0.2) is 12.7 Å². The molecule has 0 fully saturated rings. The molecule has 1 amide bonds. The number of hydrogen-bond acceptors (Lipinski definition) is 4. The minimum absolute atomic E-state index is 0.0259. The molecular weight excluding hydrogens is 352 g/mol. The van der Waals surface area contributed by atoms with Crippen molar-refractivity contribution in [2.75, 3.05) is 17.0 Å². The summed E-state index contributed by atoms with van der Waals surface area (Å²) in [5, 5.41) is 3.53. The number of ether oxygens (including phenoxy) is 2. The van der Waals surface area contributed by atoms with Crippen LogP contribution in [0.25, 0.3) is 0 Å². The van der Waals surface area contributed by atoms with E-state index in [9.17, 15) is 4.79 Å². The van der Waals surface area contributed by atoms with Crippen molar-refractivity contribution in [2.45, 2.75) is 20.0 Å². The van der Waals surface area contributed by atoms with E-state index in [0.717, 1.165) is 33.8 Å². The Hall–Kier alpha value is -3.47. The van der Waals surface area contributed by atoms with Crippen molar-refractivity contribution in [1.29, 1.82) is 0 Å². The maximum atomic E-state index is 13.5. The minimum atomic E-state index is -0.349. The molecule has 0 saturated heterocycles. The largest absolute Gasteiger partial charge is 0.454 e. The fraction of sp³-hybridized carbons (Fsp3) is 0.174. The number of nitrogens with one attached hydrogen (secondary N) is 1. The molecule has 0 spiro atoms. The van der Waals surface area contributed by atoms with Crippen LogP contribution in [0.4, 0.5) is 11.4 Å². The lowest BCUT2D eigenvalue weighted by Crippen LogP contribution is -2.43. The molecule has 0 saturated carbocycles. The molecule has 5 nitrogen and oxygen atoms in total. The summed E-state index contributed by atoms with van der Waals surface area (Å²) in [7, 11) is 0. The average molecular weight is 372 g/mol. The van der Waals surface area contributed by atoms with E-state index < -0.39 is 0 Å². The van der Waals surface area contributed by atoms with Crippen LogP contribution in [0.2, 0.25) is 0 Å². The highest BCUT2D eigenvalue weighted by Gasteiger charge is 2.34. The van der Waals surface area contributed by atoms with Gasteiger partial charge < -0.3 is 14.8 Å². The third kappa shape index (κ3) is 2.67. The summed E-state index contributed by atoms with van der Waals surface area (Å²) >= 11 is 0. The van der Waals surface area contributed by atoms with Crippen LogP contribution < -0.4 is 19.7 Å². The molecule has 5 rings (SSSR count). The summed E-state index contributed by atoms with van der Waals surface area (Å²) in [6.07, 6.45) is -0.349. The number of aryl methyl sites for hydroxylation is 2. The third-order valence-electron chi connectivity index (χ3n) is 5.12. The molecule has 1 N–H and O–H groups in total. The van der Waals surface area contributed by atoms with Gasteiger partial charge in [0.05, 0.1) is 5.56 Å². The van der Waals surface area contributed by atoms with E-state index in [1.165, 1.54) is 0 Å². The zero-order valence-electron chi connectivity index (χ0n) is 15.7. The molecule has 140 valence electrons. The summed E-state index contributed by atoms with van der Waals surface area (Å²) in [4.78, 5) is 15.3. The Balaban J connectivity index is 1.67. The first-order valence-electron chi connectivity index (χ1n) is 9.27. The highest BCUT2D eigenvalue weighted by molar-refractivity contribution is 6.12. The van der Waals surface area contributed by atoms with E-state index >= 15 is 0 Å². The summed E-state index contributed by atoms with van der Waals surface area (Å²) in [6.45, 7) is 4.31. The molecule has 0 unspecified atom stereocenters. The van der Waals surface area contributed by atoms with Crippen molar-refractivity contribution >= 4 is 17.3 Å². The van der Waals surface area contributed by atoms with Crippen molar-refractivity contribution in [1.82, 2.24) is 0 Å². The van der Waals surface area contributed by atoms with Crippen molar-refractivity contribution in [3.05, 3.63) is 82.9 Å². The molecular formula is C23H20N2O3. The van der Waals surface area contributed by atoms with Crippen LogP contribution in [0.3, 0.4) is 0 Å². The molecule has 28 heavy (non-hydrogen) atoms. The molecule has 1 atom stereocenters. The number of carbonyl (C=O) groups is 1. The van der Waals surface area contributed by atoms with Crippen molar-refractivity contribution in [3.8, 4) is 11.5 Å². The Morgan fingerprint density at radius 1 is 0.929 bits per heavy atom. The van der Waals surface area contributed by atoms with E-state index in [1.807, 2.05) is 73.3 Å². The Kier molecular flexibility index (Phi) is 3.76. The molecule has 2 aliphatic rings. The molecule has 0 aliphatic carbocycles. The zero-order valence-corrected chi connectivity index (χ0v) is 15.7. The fourth-order valence-corrected chi connectivity index (χ4v) is 3.93. The zero-order chi connectivity index (χ0) is 19.3. The number of para-hydroxylation sites is 1. The molecule has 2 heterocycles. The maximum Gasteiger partial charge on any atom is 0.262 e. The smallest absolute Gasteiger partial charge is 0.262 e. The molecule has 0 bridgehead atoms. The third-order valence-corrected chi connectivity index (χ3v) is 5.12. The number of rotatable bonds is 2. The molecule has 3 aromatic carbocycles. The van der Waals surface area contributed by atoms with E-state index in [0.29, 0.717) is 11.3 Å². The van der Waals surface area contributed by atoms with Gasteiger partial charge in [-0.05, 0) is 66.9 Å². The Morgan fingerprint density at radius 3 is 2.50 bits per heavy atom. The standard InChI is InChI=1S/C23H20N2O3/c1-14-9-15(2)11-17(10-14)25-22(16-7-8-20-21(12-16)28-13-27-20)24-19-6-4-3-5-18(19)23(25)26/h3-12,22,24H,13H2,1-2H3/t22-/m0/s1. The van der Waals surface area contributed by atoms with Gasteiger partial charge in [-0.1, -0.05) is 24.3 Å². The van der Waals surface area contributed by atoms with Crippen LogP contribution in [0.5, 0.6) is 11.5 Å². The molecule has 0 aromatic heterocycles. The maximum absolute atomic E-state index is 13.5. The highest BCUT2D eigenvalue weighted by atomic mass is 16.7. The lowest BCUT2D eigenvalue weighted by molar-refractivity contribution is 0.0975. The normalized spacial score (nSPS) is 17.3. The number of hydrogen-bond donors (Lipinski definition) is 1. The van der Waals surface area contributed by atoms with Gasteiger partial charge in [0.2, 0.25) is 6.79 Å². The van der Waals surface area contributed by atoms with Crippen LogP contribution in [-0.2, 0) is 0 Å². The number of amides is 1.